The molecule has 1 aliphatic heterocycles. The van der Waals surface area contributed by atoms with Gasteiger partial charge in [-0.2, -0.15) is 0 Å². The van der Waals surface area contributed by atoms with Crippen LogP contribution >= 0.6 is 0 Å². The molecule has 0 saturated carbocycles. The molecule has 100 valence electrons. The first-order chi connectivity index (χ1) is 8.61. The van der Waals surface area contributed by atoms with E-state index in [4.69, 9.17) is 0 Å². The SMILES string of the molecule is CCCNc1cc(N2CCC(C)(C)CC2)ccn1. The van der Waals surface area contributed by atoms with E-state index in [2.05, 4.69) is 48.1 Å². The number of hydrogen-bond acceptors (Lipinski definition) is 3. The van der Waals surface area contributed by atoms with Gasteiger partial charge in [-0.05, 0) is 30.7 Å². The van der Waals surface area contributed by atoms with Crippen molar-refractivity contribution in [1.29, 1.82) is 0 Å². The summed E-state index contributed by atoms with van der Waals surface area (Å²) in [5.74, 6) is 0.999. The predicted octanol–water partition coefficient (Wildman–Crippen LogP) is 3.53. The van der Waals surface area contributed by atoms with Gasteiger partial charge in [0.05, 0.1) is 0 Å². The van der Waals surface area contributed by atoms with E-state index in [1.54, 1.807) is 0 Å². The third-order valence-electron chi connectivity index (χ3n) is 3.78. The topological polar surface area (TPSA) is 28.2 Å². The van der Waals surface area contributed by atoms with Gasteiger partial charge in [-0.3, -0.25) is 0 Å². The van der Waals surface area contributed by atoms with Gasteiger partial charge in [-0.25, -0.2) is 4.98 Å². The molecule has 0 aliphatic carbocycles. The van der Waals surface area contributed by atoms with Gasteiger partial charge in [0.1, 0.15) is 5.82 Å². The molecule has 2 heterocycles. The summed E-state index contributed by atoms with van der Waals surface area (Å²) in [5, 5.41) is 3.35. The third-order valence-corrected chi connectivity index (χ3v) is 3.78. The van der Waals surface area contributed by atoms with Gasteiger partial charge in [0.2, 0.25) is 0 Å². The van der Waals surface area contributed by atoms with E-state index in [0.29, 0.717) is 5.41 Å². The van der Waals surface area contributed by atoms with E-state index in [-0.39, 0.29) is 0 Å². The molecule has 1 aliphatic rings. The van der Waals surface area contributed by atoms with E-state index in [1.807, 2.05) is 6.20 Å². The fourth-order valence-corrected chi connectivity index (χ4v) is 2.34. The maximum Gasteiger partial charge on any atom is 0.127 e. The highest BCUT2D eigenvalue weighted by molar-refractivity contribution is 5.54. The Balaban J connectivity index is 2.00. The van der Waals surface area contributed by atoms with Crippen LogP contribution in [-0.2, 0) is 0 Å². The van der Waals surface area contributed by atoms with Gasteiger partial charge in [0.25, 0.3) is 0 Å². The summed E-state index contributed by atoms with van der Waals surface area (Å²) in [6, 6.07) is 4.30. The molecular weight excluding hydrogens is 222 g/mol. The van der Waals surface area contributed by atoms with E-state index in [0.717, 1.165) is 31.9 Å². The van der Waals surface area contributed by atoms with Crippen LogP contribution in [0, 0.1) is 5.41 Å². The second-order valence-electron chi connectivity index (χ2n) is 5.98. The largest absolute Gasteiger partial charge is 0.371 e. The average molecular weight is 247 g/mol. The smallest absolute Gasteiger partial charge is 0.127 e. The molecule has 0 spiro atoms. The maximum atomic E-state index is 4.36. The number of pyridine rings is 1. The van der Waals surface area contributed by atoms with E-state index >= 15 is 0 Å². The van der Waals surface area contributed by atoms with Crippen LogP contribution in [0.2, 0.25) is 0 Å². The van der Waals surface area contributed by atoms with Crippen LogP contribution in [0.15, 0.2) is 18.3 Å². The number of piperidine rings is 1. The van der Waals surface area contributed by atoms with Gasteiger partial charge in [-0.15, -0.1) is 0 Å². The summed E-state index contributed by atoms with van der Waals surface area (Å²) < 4.78 is 0. The molecule has 0 radical (unpaired) electrons. The van der Waals surface area contributed by atoms with Crippen molar-refractivity contribution in [3.05, 3.63) is 18.3 Å². The molecule has 18 heavy (non-hydrogen) atoms. The molecule has 3 heteroatoms. The van der Waals surface area contributed by atoms with Crippen LogP contribution in [0.3, 0.4) is 0 Å². The highest BCUT2D eigenvalue weighted by Crippen LogP contribution is 2.32. The Morgan fingerprint density at radius 2 is 2.06 bits per heavy atom. The summed E-state index contributed by atoms with van der Waals surface area (Å²) >= 11 is 0. The molecule has 1 fully saturated rings. The zero-order valence-electron chi connectivity index (χ0n) is 11.9. The van der Waals surface area contributed by atoms with Gasteiger partial charge in [0.15, 0.2) is 0 Å². The molecule has 0 unspecified atom stereocenters. The lowest BCUT2D eigenvalue weighted by molar-refractivity contribution is 0.280. The second kappa shape index (κ2) is 5.59. The van der Waals surface area contributed by atoms with Crippen molar-refractivity contribution >= 4 is 11.5 Å². The van der Waals surface area contributed by atoms with Crippen molar-refractivity contribution in [2.45, 2.75) is 40.0 Å². The van der Waals surface area contributed by atoms with Gasteiger partial charge in [-0.1, -0.05) is 20.8 Å². The lowest BCUT2D eigenvalue weighted by Gasteiger charge is -2.38. The third kappa shape index (κ3) is 3.37. The van der Waals surface area contributed by atoms with Crippen molar-refractivity contribution < 1.29 is 0 Å². The van der Waals surface area contributed by atoms with Crippen molar-refractivity contribution in [2.75, 3.05) is 29.9 Å². The van der Waals surface area contributed by atoms with Crippen molar-refractivity contribution in [3.8, 4) is 0 Å². The fourth-order valence-electron chi connectivity index (χ4n) is 2.34. The second-order valence-corrected chi connectivity index (χ2v) is 5.98. The first-order valence-corrected chi connectivity index (χ1v) is 7.05. The molecule has 1 aromatic heterocycles. The van der Waals surface area contributed by atoms with Crippen LogP contribution in [-0.4, -0.2) is 24.6 Å². The molecule has 1 aromatic rings. The number of hydrogen-bond donors (Lipinski definition) is 1. The average Bonchev–Trinajstić information content (AvgIpc) is 2.37. The summed E-state index contributed by atoms with van der Waals surface area (Å²) in [5.41, 5.74) is 1.81. The monoisotopic (exact) mass is 247 g/mol. The first-order valence-electron chi connectivity index (χ1n) is 7.05. The first kappa shape index (κ1) is 13.2. The van der Waals surface area contributed by atoms with Gasteiger partial charge < -0.3 is 10.2 Å². The lowest BCUT2D eigenvalue weighted by atomic mass is 9.82. The summed E-state index contributed by atoms with van der Waals surface area (Å²) in [6.07, 6.45) is 5.58. The predicted molar refractivity (Wildman–Crippen MR) is 78.2 cm³/mol. The van der Waals surface area contributed by atoms with Crippen LogP contribution in [0.5, 0.6) is 0 Å². The Morgan fingerprint density at radius 1 is 1.33 bits per heavy atom. The normalized spacial score (nSPS) is 18.7. The van der Waals surface area contributed by atoms with Gasteiger partial charge in [0, 0.05) is 37.6 Å². The molecule has 3 nitrogen and oxygen atoms in total. The van der Waals surface area contributed by atoms with Crippen LogP contribution in [0.1, 0.15) is 40.0 Å². The number of nitrogens with zero attached hydrogens (tertiary/aromatic N) is 2. The lowest BCUT2D eigenvalue weighted by Crippen LogP contribution is -2.37. The van der Waals surface area contributed by atoms with Crippen molar-refractivity contribution in [3.63, 3.8) is 0 Å². The minimum Gasteiger partial charge on any atom is -0.371 e. The van der Waals surface area contributed by atoms with Gasteiger partial charge >= 0.3 is 0 Å². The Labute approximate surface area is 111 Å². The van der Waals surface area contributed by atoms with Crippen LogP contribution in [0.4, 0.5) is 11.5 Å². The number of rotatable bonds is 4. The minimum absolute atomic E-state index is 0.507. The highest BCUT2D eigenvalue weighted by Gasteiger charge is 2.25. The molecule has 1 saturated heterocycles. The zero-order chi connectivity index (χ0) is 13.0. The van der Waals surface area contributed by atoms with Crippen LogP contribution in [0.25, 0.3) is 0 Å². The standard InChI is InChI=1S/C15H25N3/c1-4-8-16-14-12-13(5-9-17-14)18-10-6-15(2,3)7-11-18/h5,9,12H,4,6-8,10-11H2,1-3H3,(H,16,17). The zero-order valence-corrected chi connectivity index (χ0v) is 11.9. The molecule has 2 rings (SSSR count). The maximum absolute atomic E-state index is 4.36. The van der Waals surface area contributed by atoms with Crippen molar-refractivity contribution in [2.24, 2.45) is 5.41 Å². The summed E-state index contributed by atoms with van der Waals surface area (Å²) in [6.45, 7) is 10.2. The Morgan fingerprint density at radius 3 is 2.72 bits per heavy atom. The van der Waals surface area contributed by atoms with E-state index in [1.165, 1.54) is 18.5 Å². The Bertz CT molecular complexity index is 377. The van der Waals surface area contributed by atoms with Crippen LogP contribution < -0.4 is 10.2 Å². The quantitative estimate of drug-likeness (QED) is 0.882. The molecule has 0 amide bonds. The highest BCUT2D eigenvalue weighted by atomic mass is 15.1. The molecule has 0 atom stereocenters. The summed E-state index contributed by atoms with van der Waals surface area (Å²) in [7, 11) is 0. The van der Waals surface area contributed by atoms with E-state index in [9.17, 15) is 0 Å². The molecule has 0 bridgehead atoms. The minimum atomic E-state index is 0.507. The molecular formula is C15H25N3. The number of anilines is 2. The molecule has 0 aromatic carbocycles. The van der Waals surface area contributed by atoms with Crippen molar-refractivity contribution in [1.82, 2.24) is 4.98 Å². The Hall–Kier alpha value is -1.25. The molecule has 1 N–H and O–H groups in total. The fraction of sp³-hybridized carbons (Fsp3) is 0.667. The van der Waals surface area contributed by atoms with E-state index < -0.39 is 0 Å². The Kier molecular flexibility index (Phi) is 4.10. The number of nitrogens with one attached hydrogen (secondary N) is 1. The summed E-state index contributed by atoms with van der Waals surface area (Å²) in [4.78, 5) is 6.84. The number of aromatic nitrogens is 1.